The molecule has 3 atom stereocenters. The molecular formula is C12H21NO3. The van der Waals surface area contributed by atoms with Gasteiger partial charge in [-0.3, -0.25) is 0 Å². The van der Waals surface area contributed by atoms with Gasteiger partial charge < -0.3 is 14.3 Å². The second-order valence-electron chi connectivity index (χ2n) is 4.62. The highest BCUT2D eigenvalue weighted by molar-refractivity contribution is 5.89. The minimum atomic E-state index is 0.109. The standard InChI is InChI=1S/C12H21NO3/c1-3-4-5-14-8-12-10-6-9(2)15-7-11(10)13-16-12/h9-10,12H,3-8H2,1-2H3/t9-,10?,12+/m0/s1. The maximum absolute atomic E-state index is 5.60. The van der Waals surface area contributed by atoms with E-state index in [9.17, 15) is 0 Å². The summed E-state index contributed by atoms with van der Waals surface area (Å²) < 4.78 is 11.1. The van der Waals surface area contributed by atoms with Crippen molar-refractivity contribution in [3.63, 3.8) is 0 Å². The van der Waals surface area contributed by atoms with Crippen LogP contribution in [0.15, 0.2) is 5.16 Å². The van der Waals surface area contributed by atoms with Crippen LogP contribution < -0.4 is 0 Å². The maximum Gasteiger partial charge on any atom is 0.159 e. The quantitative estimate of drug-likeness (QED) is 0.674. The summed E-state index contributed by atoms with van der Waals surface area (Å²) in [5.41, 5.74) is 1.06. The molecule has 0 saturated carbocycles. The van der Waals surface area contributed by atoms with Crippen molar-refractivity contribution in [3.05, 3.63) is 0 Å². The first-order chi connectivity index (χ1) is 7.81. The minimum Gasteiger partial charge on any atom is -0.389 e. The predicted octanol–water partition coefficient (Wildman–Crippen LogP) is 1.98. The van der Waals surface area contributed by atoms with Crippen LogP contribution in [0.3, 0.4) is 0 Å². The first kappa shape index (κ1) is 11.9. The van der Waals surface area contributed by atoms with Crippen LogP contribution in [0.5, 0.6) is 0 Å². The molecule has 2 rings (SSSR count). The van der Waals surface area contributed by atoms with Gasteiger partial charge in [0.2, 0.25) is 0 Å². The Morgan fingerprint density at radius 3 is 3.19 bits per heavy atom. The average Bonchev–Trinajstić information content (AvgIpc) is 2.67. The van der Waals surface area contributed by atoms with Crippen molar-refractivity contribution in [2.75, 3.05) is 19.8 Å². The molecule has 0 aromatic rings. The molecule has 0 N–H and O–H groups in total. The highest BCUT2D eigenvalue weighted by Crippen LogP contribution is 2.28. The van der Waals surface area contributed by atoms with Gasteiger partial charge in [0.1, 0.15) is 0 Å². The first-order valence-corrected chi connectivity index (χ1v) is 6.23. The van der Waals surface area contributed by atoms with Crippen molar-refractivity contribution in [1.29, 1.82) is 0 Å². The van der Waals surface area contributed by atoms with Gasteiger partial charge >= 0.3 is 0 Å². The molecule has 0 aromatic heterocycles. The molecule has 2 aliphatic rings. The molecule has 0 aromatic carbocycles. The predicted molar refractivity (Wildman–Crippen MR) is 61.6 cm³/mol. The lowest BCUT2D eigenvalue weighted by Crippen LogP contribution is -2.37. The Morgan fingerprint density at radius 1 is 1.50 bits per heavy atom. The summed E-state index contributed by atoms with van der Waals surface area (Å²) in [7, 11) is 0. The summed E-state index contributed by atoms with van der Waals surface area (Å²) in [4.78, 5) is 5.41. The SMILES string of the molecule is CCCCOC[C@H]1ON=C2CO[C@@H](C)CC21. The number of ether oxygens (including phenoxy) is 2. The zero-order valence-electron chi connectivity index (χ0n) is 10.1. The zero-order chi connectivity index (χ0) is 11.4. The molecule has 16 heavy (non-hydrogen) atoms. The number of hydrogen-bond acceptors (Lipinski definition) is 4. The van der Waals surface area contributed by atoms with E-state index in [1.807, 2.05) is 0 Å². The van der Waals surface area contributed by atoms with E-state index in [4.69, 9.17) is 14.3 Å². The molecule has 4 nitrogen and oxygen atoms in total. The van der Waals surface area contributed by atoms with Crippen LogP contribution in [0.2, 0.25) is 0 Å². The fourth-order valence-electron chi connectivity index (χ4n) is 2.16. The monoisotopic (exact) mass is 227 g/mol. The number of hydrogen-bond donors (Lipinski definition) is 0. The van der Waals surface area contributed by atoms with Crippen LogP contribution in [0.25, 0.3) is 0 Å². The van der Waals surface area contributed by atoms with Gasteiger partial charge in [-0.25, -0.2) is 0 Å². The molecule has 2 aliphatic heterocycles. The van der Waals surface area contributed by atoms with Crippen molar-refractivity contribution in [2.24, 2.45) is 11.1 Å². The summed E-state index contributed by atoms with van der Waals surface area (Å²) in [5, 5.41) is 4.08. The molecule has 0 spiro atoms. The van der Waals surface area contributed by atoms with Crippen molar-refractivity contribution in [3.8, 4) is 0 Å². The van der Waals surface area contributed by atoms with E-state index in [2.05, 4.69) is 19.0 Å². The Labute approximate surface area is 96.9 Å². The lowest BCUT2D eigenvalue weighted by molar-refractivity contribution is -0.0278. The highest BCUT2D eigenvalue weighted by Gasteiger charge is 2.38. The highest BCUT2D eigenvalue weighted by atomic mass is 16.7. The third-order valence-corrected chi connectivity index (χ3v) is 3.21. The van der Waals surface area contributed by atoms with E-state index in [1.54, 1.807) is 0 Å². The summed E-state index contributed by atoms with van der Waals surface area (Å²) >= 11 is 0. The van der Waals surface area contributed by atoms with Crippen LogP contribution in [0.4, 0.5) is 0 Å². The van der Waals surface area contributed by atoms with Gasteiger partial charge in [0.25, 0.3) is 0 Å². The molecule has 1 saturated heterocycles. The normalized spacial score (nSPS) is 33.1. The minimum absolute atomic E-state index is 0.109. The first-order valence-electron chi connectivity index (χ1n) is 6.23. The lowest BCUT2D eigenvalue weighted by Gasteiger charge is -2.26. The van der Waals surface area contributed by atoms with E-state index in [0.717, 1.165) is 25.2 Å². The van der Waals surface area contributed by atoms with Crippen LogP contribution in [0.1, 0.15) is 33.1 Å². The Kier molecular flexibility index (Phi) is 4.18. The number of unbranched alkanes of at least 4 members (excludes halogenated alkanes) is 1. The second kappa shape index (κ2) is 5.64. The maximum atomic E-state index is 5.60. The van der Waals surface area contributed by atoms with Gasteiger partial charge in [-0.1, -0.05) is 18.5 Å². The number of nitrogens with zero attached hydrogens (tertiary/aromatic N) is 1. The Morgan fingerprint density at radius 2 is 2.38 bits per heavy atom. The molecule has 0 aliphatic carbocycles. The Hall–Kier alpha value is -0.610. The van der Waals surface area contributed by atoms with Gasteiger partial charge in [0.05, 0.1) is 25.0 Å². The van der Waals surface area contributed by atoms with Gasteiger partial charge in [0.15, 0.2) is 6.10 Å². The summed E-state index contributed by atoms with van der Waals surface area (Å²) in [6.07, 6.45) is 3.70. The third kappa shape index (κ3) is 2.74. The summed E-state index contributed by atoms with van der Waals surface area (Å²) in [6.45, 7) is 6.37. The largest absolute Gasteiger partial charge is 0.389 e. The van der Waals surface area contributed by atoms with Crippen LogP contribution in [0, 0.1) is 5.92 Å². The molecule has 1 unspecified atom stereocenters. The smallest absolute Gasteiger partial charge is 0.159 e. The molecule has 0 bridgehead atoms. The number of fused-ring (bicyclic) bond motifs is 1. The lowest BCUT2D eigenvalue weighted by atomic mass is 9.90. The zero-order valence-corrected chi connectivity index (χ0v) is 10.1. The Balaban J connectivity index is 1.75. The fourth-order valence-corrected chi connectivity index (χ4v) is 2.16. The molecule has 4 heteroatoms. The van der Waals surface area contributed by atoms with E-state index in [1.165, 1.54) is 6.42 Å². The Bertz CT molecular complexity index is 255. The third-order valence-electron chi connectivity index (χ3n) is 3.21. The molecular weight excluding hydrogens is 206 g/mol. The molecule has 0 radical (unpaired) electrons. The van der Waals surface area contributed by atoms with Gasteiger partial charge in [-0.15, -0.1) is 0 Å². The van der Waals surface area contributed by atoms with Gasteiger partial charge in [-0.05, 0) is 19.8 Å². The molecule has 92 valence electrons. The van der Waals surface area contributed by atoms with Crippen molar-refractivity contribution < 1.29 is 14.3 Å². The molecule has 1 fully saturated rings. The van der Waals surface area contributed by atoms with Gasteiger partial charge in [0, 0.05) is 12.5 Å². The van der Waals surface area contributed by atoms with Crippen molar-refractivity contribution >= 4 is 5.71 Å². The van der Waals surface area contributed by atoms with Crippen molar-refractivity contribution in [1.82, 2.24) is 0 Å². The van der Waals surface area contributed by atoms with E-state index >= 15 is 0 Å². The van der Waals surface area contributed by atoms with Crippen LogP contribution in [-0.4, -0.2) is 37.7 Å². The fraction of sp³-hybridized carbons (Fsp3) is 0.917. The summed E-state index contributed by atoms with van der Waals surface area (Å²) in [6, 6.07) is 0. The van der Waals surface area contributed by atoms with E-state index in [0.29, 0.717) is 25.2 Å². The molecule has 2 heterocycles. The second-order valence-corrected chi connectivity index (χ2v) is 4.62. The van der Waals surface area contributed by atoms with E-state index < -0.39 is 0 Å². The number of rotatable bonds is 5. The topological polar surface area (TPSA) is 40.0 Å². The number of oxime groups is 1. The van der Waals surface area contributed by atoms with Crippen LogP contribution >= 0.6 is 0 Å². The summed E-state index contributed by atoms with van der Waals surface area (Å²) in [5.74, 6) is 0.408. The van der Waals surface area contributed by atoms with Crippen LogP contribution in [-0.2, 0) is 14.3 Å². The van der Waals surface area contributed by atoms with Gasteiger partial charge in [-0.2, -0.15) is 0 Å². The van der Waals surface area contributed by atoms with Crippen molar-refractivity contribution in [2.45, 2.75) is 45.3 Å². The molecule has 0 amide bonds. The average molecular weight is 227 g/mol. The van der Waals surface area contributed by atoms with E-state index in [-0.39, 0.29) is 6.10 Å².